The maximum Gasteiger partial charge on any atom is 0.0709 e. The van der Waals surface area contributed by atoms with Gasteiger partial charge >= 0.3 is 0 Å². The predicted molar refractivity (Wildman–Crippen MR) is 105 cm³/mol. The van der Waals surface area contributed by atoms with Gasteiger partial charge in [-0.3, -0.25) is 0 Å². The van der Waals surface area contributed by atoms with Crippen molar-refractivity contribution in [3.63, 3.8) is 0 Å². The van der Waals surface area contributed by atoms with Crippen molar-refractivity contribution in [2.24, 2.45) is 5.73 Å². The highest BCUT2D eigenvalue weighted by molar-refractivity contribution is 5.85. The highest BCUT2D eigenvalue weighted by Gasteiger charge is 2.31. The van der Waals surface area contributed by atoms with Gasteiger partial charge < -0.3 is 5.73 Å². The molecule has 0 radical (unpaired) electrons. The van der Waals surface area contributed by atoms with E-state index in [2.05, 4.69) is 80.6 Å². The van der Waals surface area contributed by atoms with E-state index in [1.807, 2.05) is 12.1 Å². The molecule has 0 aliphatic carbocycles. The lowest BCUT2D eigenvalue weighted by molar-refractivity contribution is 0.532. The largest absolute Gasteiger partial charge is 0.317 e. The van der Waals surface area contributed by atoms with Crippen LogP contribution in [0.3, 0.4) is 0 Å². The van der Waals surface area contributed by atoms with E-state index in [-0.39, 0.29) is 12.4 Å². The first-order valence-electron chi connectivity index (χ1n) is 8.06. The third-order valence-electron chi connectivity index (χ3n) is 4.48. The molecule has 0 heterocycles. The van der Waals surface area contributed by atoms with Gasteiger partial charge in [0.15, 0.2) is 0 Å². The van der Waals surface area contributed by atoms with Crippen molar-refractivity contribution >= 4 is 12.4 Å². The minimum Gasteiger partial charge on any atom is -0.317 e. The van der Waals surface area contributed by atoms with Crippen molar-refractivity contribution < 1.29 is 0 Å². The molecular weight excluding hydrogens is 314 g/mol. The summed E-state index contributed by atoms with van der Waals surface area (Å²) in [5, 5.41) is 0. The van der Waals surface area contributed by atoms with Gasteiger partial charge in [-0.2, -0.15) is 0 Å². The van der Waals surface area contributed by atoms with Crippen molar-refractivity contribution in [2.45, 2.75) is 25.8 Å². The Balaban J connectivity index is 0.00000208. The Morgan fingerprint density at radius 3 is 1.96 bits per heavy atom. The van der Waals surface area contributed by atoms with Crippen LogP contribution in [0.15, 0.2) is 78.9 Å². The van der Waals surface area contributed by atoms with E-state index < -0.39 is 5.54 Å². The van der Waals surface area contributed by atoms with Gasteiger partial charge in [-0.1, -0.05) is 84.4 Å². The van der Waals surface area contributed by atoms with Crippen LogP contribution in [0.25, 0.3) is 0 Å². The number of hydrogen-bond donors (Lipinski definition) is 1. The van der Waals surface area contributed by atoms with Crippen LogP contribution < -0.4 is 5.73 Å². The van der Waals surface area contributed by atoms with Crippen molar-refractivity contribution in [2.75, 3.05) is 0 Å². The zero-order chi connectivity index (χ0) is 16.3. The number of nitrogens with two attached hydrogens (primary N) is 1. The summed E-state index contributed by atoms with van der Waals surface area (Å²) in [4.78, 5) is 0. The molecule has 124 valence electrons. The minimum absolute atomic E-state index is 0. The van der Waals surface area contributed by atoms with E-state index >= 15 is 0 Å². The van der Waals surface area contributed by atoms with E-state index in [4.69, 9.17) is 5.73 Å². The van der Waals surface area contributed by atoms with E-state index in [0.29, 0.717) is 0 Å². The maximum absolute atomic E-state index is 7.02. The smallest absolute Gasteiger partial charge is 0.0709 e. The zero-order valence-electron chi connectivity index (χ0n) is 14.2. The molecule has 2 N–H and O–H groups in total. The molecular formula is C22H24ClN. The lowest BCUT2D eigenvalue weighted by Crippen LogP contribution is -2.41. The van der Waals surface area contributed by atoms with Crippen LogP contribution in [-0.2, 0) is 12.0 Å². The second-order valence-corrected chi connectivity index (χ2v) is 6.32. The Morgan fingerprint density at radius 2 is 1.38 bits per heavy atom. The van der Waals surface area contributed by atoms with Gasteiger partial charge in [0.2, 0.25) is 0 Å². The zero-order valence-corrected chi connectivity index (χ0v) is 15.0. The van der Waals surface area contributed by atoms with Crippen LogP contribution in [0.4, 0.5) is 0 Å². The summed E-state index contributed by atoms with van der Waals surface area (Å²) >= 11 is 0. The number of rotatable bonds is 4. The fourth-order valence-electron chi connectivity index (χ4n) is 3.32. The summed E-state index contributed by atoms with van der Waals surface area (Å²) in [6, 6.07) is 27.4. The molecule has 0 aromatic heterocycles. The van der Waals surface area contributed by atoms with Gasteiger partial charge in [-0.25, -0.2) is 0 Å². The van der Waals surface area contributed by atoms with E-state index in [1.165, 1.54) is 22.3 Å². The molecule has 3 aromatic rings. The molecule has 0 saturated heterocycles. The highest BCUT2D eigenvalue weighted by Crippen LogP contribution is 2.33. The number of halogens is 1. The average molecular weight is 338 g/mol. The molecule has 0 spiro atoms. The third kappa shape index (κ3) is 3.69. The third-order valence-corrected chi connectivity index (χ3v) is 4.48. The Hall–Kier alpha value is -2.09. The van der Waals surface area contributed by atoms with Gasteiger partial charge in [-0.05, 0) is 42.5 Å². The lowest BCUT2D eigenvalue weighted by Gasteiger charge is -2.33. The standard InChI is InChI=1S/C22H23N.ClH/c1-17-13-14-21(18(2)15-17)22(23,20-11-7-4-8-12-20)16-19-9-5-3-6-10-19;/h3-15H,16,23H2,1-2H3;1H. The van der Waals surface area contributed by atoms with Crippen LogP contribution in [0.1, 0.15) is 27.8 Å². The molecule has 1 unspecified atom stereocenters. The number of hydrogen-bond acceptors (Lipinski definition) is 1. The second-order valence-electron chi connectivity index (χ2n) is 6.32. The molecule has 3 aromatic carbocycles. The van der Waals surface area contributed by atoms with Crippen molar-refractivity contribution in [3.05, 3.63) is 107 Å². The normalized spacial score (nSPS) is 13.0. The van der Waals surface area contributed by atoms with Crippen LogP contribution in [0.5, 0.6) is 0 Å². The van der Waals surface area contributed by atoms with Gasteiger partial charge in [0.25, 0.3) is 0 Å². The first-order chi connectivity index (χ1) is 11.1. The maximum atomic E-state index is 7.02. The van der Waals surface area contributed by atoms with E-state index in [9.17, 15) is 0 Å². The SMILES string of the molecule is Cc1ccc(C(N)(Cc2ccccc2)c2ccccc2)c(C)c1.Cl. The summed E-state index contributed by atoms with van der Waals surface area (Å²) in [6.07, 6.45) is 0.780. The fourth-order valence-corrected chi connectivity index (χ4v) is 3.32. The Morgan fingerprint density at radius 1 is 0.792 bits per heavy atom. The van der Waals surface area contributed by atoms with Crippen molar-refractivity contribution in [3.8, 4) is 0 Å². The van der Waals surface area contributed by atoms with Gasteiger partial charge in [0.1, 0.15) is 0 Å². The van der Waals surface area contributed by atoms with E-state index in [0.717, 1.165) is 12.0 Å². The minimum atomic E-state index is -0.527. The average Bonchev–Trinajstić information content (AvgIpc) is 2.56. The van der Waals surface area contributed by atoms with Gasteiger partial charge in [0, 0.05) is 0 Å². The molecule has 1 nitrogen and oxygen atoms in total. The molecule has 0 amide bonds. The summed E-state index contributed by atoms with van der Waals surface area (Å²) in [7, 11) is 0. The van der Waals surface area contributed by atoms with Crippen molar-refractivity contribution in [1.29, 1.82) is 0 Å². The lowest BCUT2D eigenvalue weighted by atomic mass is 9.77. The Labute approximate surface area is 150 Å². The first kappa shape index (κ1) is 18.3. The van der Waals surface area contributed by atoms with Crippen LogP contribution in [0.2, 0.25) is 0 Å². The molecule has 0 saturated carbocycles. The Kier molecular flexibility index (Phi) is 5.82. The monoisotopic (exact) mass is 337 g/mol. The molecule has 2 heteroatoms. The number of aryl methyl sites for hydroxylation is 2. The molecule has 1 atom stereocenters. The first-order valence-corrected chi connectivity index (χ1v) is 8.06. The number of benzene rings is 3. The summed E-state index contributed by atoms with van der Waals surface area (Å²) in [5.74, 6) is 0. The summed E-state index contributed by atoms with van der Waals surface area (Å²) < 4.78 is 0. The van der Waals surface area contributed by atoms with Gasteiger partial charge in [0.05, 0.1) is 5.54 Å². The highest BCUT2D eigenvalue weighted by atomic mass is 35.5. The van der Waals surface area contributed by atoms with Gasteiger partial charge in [-0.15, -0.1) is 12.4 Å². The quantitative estimate of drug-likeness (QED) is 0.698. The molecule has 0 aliphatic heterocycles. The second kappa shape index (κ2) is 7.65. The van der Waals surface area contributed by atoms with Crippen molar-refractivity contribution in [1.82, 2.24) is 0 Å². The fraction of sp³-hybridized carbons (Fsp3) is 0.182. The van der Waals surface area contributed by atoms with Crippen LogP contribution >= 0.6 is 12.4 Å². The molecule has 0 fully saturated rings. The summed E-state index contributed by atoms with van der Waals surface area (Å²) in [6.45, 7) is 4.27. The predicted octanol–water partition coefficient (Wildman–Crippen LogP) is 5.17. The topological polar surface area (TPSA) is 26.0 Å². The molecule has 3 rings (SSSR count). The summed E-state index contributed by atoms with van der Waals surface area (Å²) in [5.41, 5.74) is 12.6. The van der Waals surface area contributed by atoms with E-state index in [1.54, 1.807) is 0 Å². The molecule has 0 aliphatic rings. The molecule has 24 heavy (non-hydrogen) atoms. The Bertz CT molecular complexity index is 784. The van der Waals surface area contributed by atoms with Crippen LogP contribution in [0, 0.1) is 13.8 Å². The van der Waals surface area contributed by atoms with Crippen LogP contribution in [-0.4, -0.2) is 0 Å². The molecule has 0 bridgehead atoms.